The molecule has 3 rings (SSSR count). The molecule has 0 saturated carbocycles. The van der Waals surface area contributed by atoms with Gasteiger partial charge in [0, 0.05) is 38.4 Å². The smallest absolute Gasteiger partial charge is 0.272 e. The summed E-state index contributed by atoms with van der Waals surface area (Å²) < 4.78 is 13.1. The number of benzene rings is 1. The molecular formula is C20H23FN4O2. The first-order valence-electron chi connectivity index (χ1n) is 9.13. The number of carbonyl (C=O) groups excluding carboxylic acids is 2. The predicted octanol–water partition coefficient (Wildman–Crippen LogP) is 2.32. The van der Waals surface area contributed by atoms with Crippen molar-refractivity contribution >= 4 is 17.5 Å². The highest BCUT2D eigenvalue weighted by Gasteiger charge is 2.23. The van der Waals surface area contributed by atoms with Crippen molar-refractivity contribution in [3.8, 4) is 0 Å². The van der Waals surface area contributed by atoms with Crippen LogP contribution >= 0.6 is 0 Å². The van der Waals surface area contributed by atoms with Crippen LogP contribution in [-0.4, -0.2) is 54.4 Å². The lowest BCUT2D eigenvalue weighted by Gasteiger charge is -2.36. The first-order valence-corrected chi connectivity index (χ1v) is 9.13. The van der Waals surface area contributed by atoms with E-state index in [-0.39, 0.29) is 29.0 Å². The lowest BCUT2D eigenvalue weighted by molar-refractivity contribution is 0.0740. The van der Waals surface area contributed by atoms with Crippen molar-refractivity contribution in [3.05, 3.63) is 59.7 Å². The summed E-state index contributed by atoms with van der Waals surface area (Å²) in [6, 6.07) is 11.3. The summed E-state index contributed by atoms with van der Waals surface area (Å²) >= 11 is 0. The van der Waals surface area contributed by atoms with Gasteiger partial charge in [0.15, 0.2) is 0 Å². The van der Waals surface area contributed by atoms with Crippen molar-refractivity contribution in [2.24, 2.45) is 0 Å². The number of hydrogen-bond donors (Lipinski definition) is 1. The highest BCUT2D eigenvalue weighted by Crippen LogP contribution is 2.17. The van der Waals surface area contributed by atoms with Crippen LogP contribution < -0.4 is 10.2 Å². The summed E-state index contributed by atoms with van der Waals surface area (Å²) in [7, 11) is 0. The molecule has 2 amide bonds. The molecule has 1 fully saturated rings. The molecule has 0 radical (unpaired) electrons. The number of aromatic nitrogens is 1. The van der Waals surface area contributed by atoms with E-state index in [1.807, 2.05) is 6.92 Å². The lowest BCUT2D eigenvalue weighted by atomic mass is 10.2. The number of pyridine rings is 1. The largest absolute Gasteiger partial charge is 0.368 e. The van der Waals surface area contributed by atoms with E-state index in [1.165, 1.54) is 12.1 Å². The zero-order valence-corrected chi connectivity index (χ0v) is 15.3. The van der Waals surface area contributed by atoms with Crippen molar-refractivity contribution in [2.75, 3.05) is 37.6 Å². The van der Waals surface area contributed by atoms with E-state index in [9.17, 15) is 14.0 Å². The zero-order valence-electron chi connectivity index (χ0n) is 15.3. The molecule has 2 heterocycles. The van der Waals surface area contributed by atoms with Crippen LogP contribution in [0.3, 0.4) is 0 Å². The fourth-order valence-electron chi connectivity index (χ4n) is 2.99. The maximum atomic E-state index is 13.1. The molecule has 1 aliphatic heterocycles. The van der Waals surface area contributed by atoms with Crippen LogP contribution in [0.4, 0.5) is 10.1 Å². The second-order valence-corrected chi connectivity index (χ2v) is 6.42. The number of hydrogen-bond acceptors (Lipinski definition) is 4. The number of halogens is 1. The van der Waals surface area contributed by atoms with Gasteiger partial charge in [-0.05, 0) is 42.8 Å². The van der Waals surface area contributed by atoms with Gasteiger partial charge in [0.05, 0.1) is 0 Å². The maximum absolute atomic E-state index is 13.1. The molecule has 0 spiro atoms. The van der Waals surface area contributed by atoms with E-state index in [0.717, 1.165) is 12.1 Å². The monoisotopic (exact) mass is 370 g/mol. The van der Waals surface area contributed by atoms with Gasteiger partial charge in [-0.2, -0.15) is 0 Å². The Kier molecular flexibility index (Phi) is 6.01. The Balaban J connectivity index is 1.62. The van der Waals surface area contributed by atoms with E-state index in [4.69, 9.17) is 0 Å². The Morgan fingerprint density at radius 2 is 1.70 bits per heavy atom. The average molecular weight is 370 g/mol. The molecule has 7 heteroatoms. The molecular weight excluding hydrogens is 347 g/mol. The number of rotatable bonds is 5. The Morgan fingerprint density at radius 1 is 1.04 bits per heavy atom. The highest BCUT2D eigenvalue weighted by atomic mass is 19.1. The molecule has 1 aliphatic rings. The molecule has 2 aromatic rings. The third-order valence-electron chi connectivity index (χ3n) is 4.50. The Morgan fingerprint density at radius 3 is 2.37 bits per heavy atom. The van der Waals surface area contributed by atoms with Crippen LogP contribution in [0, 0.1) is 5.82 Å². The molecule has 0 aliphatic carbocycles. The second kappa shape index (κ2) is 8.62. The standard InChI is InChI=1S/C20H23FN4O2/c1-2-10-22-19(26)17-4-3-5-18(23-17)20(27)25-13-11-24(12-14-25)16-8-6-15(21)7-9-16/h3-9H,2,10-14H2,1H3,(H,22,26). The topological polar surface area (TPSA) is 65.5 Å². The second-order valence-electron chi connectivity index (χ2n) is 6.42. The minimum absolute atomic E-state index is 0.182. The normalized spacial score (nSPS) is 14.1. The molecule has 27 heavy (non-hydrogen) atoms. The van der Waals surface area contributed by atoms with Gasteiger partial charge in [0.2, 0.25) is 0 Å². The molecule has 0 unspecified atom stereocenters. The molecule has 1 aromatic carbocycles. The van der Waals surface area contributed by atoms with Crippen LogP contribution in [0.15, 0.2) is 42.5 Å². The number of piperazine rings is 1. The quantitative estimate of drug-likeness (QED) is 0.877. The maximum Gasteiger partial charge on any atom is 0.272 e. The van der Waals surface area contributed by atoms with E-state index in [2.05, 4.69) is 15.2 Å². The lowest BCUT2D eigenvalue weighted by Crippen LogP contribution is -2.49. The number of carbonyl (C=O) groups is 2. The van der Waals surface area contributed by atoms with Gasteiger partial charge in [-0.15, -0.1) is 0 Å². The first-order chi connectivity index (χ1) is 13.1. The fraction of sp³-hybridized carbons (Fsp3) is 0.350. The van der Waals surface area contributed by atoms with Crippen molar-refractivity contribution in [1.82, 2.24) is 15.2 Å². The van der Waals surface area contributed by atoms with Crippen molar-refractivity contribution in [1.29, 1.82) is 0 Å². The van der Waals surface area contributed by atoms with Gasteiger partial charge in [-0.25, -0.2) is 9.37 Å². The molecule has 1 saturated heterocycles. The van der Waals surface area contributed by atoms with E-state index >= 15 is 0 Å². The molecule has 142 valence electrons. The molecule has 1 N–H and O–H groups in total. The minimum atomic E-state index is -0.271. The Hall–Kier alpha value is -2.96. The number of nitrogens with one attached hydrogen (secondary N) is 1. The highest BCUT2D eigenvalue weighted by molar-refractivity contribution is 5.96. The third-order valence-corrected chi connectivity index (χ3v) is 4.50. The number of anilines is 1. The molecule has 6 nitrogen and oxygen atoms in total. The van der Waals surface area contributed by atoms with Crippen molar-refractivity contribution in [2.45, 2.75) is 13.3 Å². The summed E-state index contributed by atoms with van der Waals surface area (Å²) in [4.78, 5) is 32.9. The summed E-state index contributed by atoms with van der Waals surface area (Å²) in [5, 5.41) is 2.76. The summed E-state index contributed by atoms with van der Waals surface area (Å²) in [6.45, 7) is 4.96. The Labute approximate surface area is 158 Å². The minimum Gasteiger partial charge on any atom is -0.368 e. The van der Waals surface area contributed by atoms with Gasteiger partial charge in [0.25, 0.3) is 11.8 Å². The summed E-state index contributed by atoms with van der Waals surface area (Å²) in [6.07, 6.45) is 0.836. The van der Waals surface area contributed by atoms with E-state index in [1.54, 1.807) is 35.2 Å². The molecule has 0 atom stereocenters. The van der Waals surface area contributed by atoms with Crippen molar-refractivity contribution < 1.29 is 14.0 Å². The fourth-order valence-corrected chi connectivity index (χ4v) is 2.99. The van der Waals surface area contributed by atoms with Gasteiger partial charge in [0.1, 0.15) is 17.2 Å². The average Bonchev–Trinajstić information content (AvgIpc) is 2.72. The number of amides is 2. The third kappa shape index (κ3) is 4.61. The van der Waals surface area contributed by atoms with E-state index < -0.39 is 0 Å². The van der Waals surface area contributed by atoms with Gasteiger partial charge < -0.3 is 15.1 Å². The van der Waals surface area contributed by atoms with Crippen LogP contribution in [-0.2, 0) is 0 Å². The van der Waals surface area contributed by atoms with Gasteiger partial charge >= 0.3 is 0 Å². The Bertz CT molecular complexity index is 802. The first kappa shape index (κ1) is 18.8. The summed E-state index contributed by atoms with van der Waals surface area (Å²) in [5.41, 5.74) is 1.46. The SMILES string of the molecule is CCCNC(=O)c1cccc(C(=O)N2CCN(c3ccc(F)cc3)CC2)n1. The van der Waals surface area contributed by atoms with Crippen LogP contribution in [0.2, 0.25) is 0 Å². The molecule has 1 aromatic heterocycles. The zero-order chi connectivity index (χ0) is 19.2. The predicted molar refractivity (Wildman–Crippen MR) is 101 cm³/mol. The van der Waals surface area contributed by atoms with Crippen LogP contribution in [0.25, 0.3) is 0 Å². The van der Waals surface area contributed by atoms with Gasteiger partial charge in [-0.1, -0.05) is 13.0 Å². The number of nitrogens with zero attached hydrogens (tertiary/aromatic N) is 3. The molecule has 0 bridgehead atoms. The van der Waals surface area contributed by atoms with Gasteiger partial charge in [-0.3, -0.25) is 9.59 Å². The van der Waals surface area contributed by atoms with Crippen LogP contribution in [0.5, 0.6) is 0 Å². The van der Waals surface area contributed by atoms with Crippen molar-refractivity contribution in [3.63, 3.8) is 0 Å². The van der Waals surface area contributed by atoms with E-state index in [0.29, 0.717) is 32.7 Å². The summed E-state index contributed by atoms with van der Waals surface area (Å²) in [5.74, 6) is -0.715. The van der Waals surface area contributed by atoms with Crippen LogP contribution in [0.1, 0.15) is 34.3 Å².